The molecule has 1 saturated heterocycles. The van der Waals surface area contributed by atoms with Crippen LogP contribution in [0, 0.1) is 27.7 Å². The number of aromatic nitrogens is 2. The molecular formula is C31H33N5OS. The first-order chi connectivity index (χ1) is 18.3. The highest BCUT2D eigenvalue weighted by Crippen LogP contribution is 2.41. The van der Waals surface area contributed by atoms with E-state index in [1.165, 1.54) is 16.8 Å². The number of nitrogens with one attached hydrogen (secondary N) is 2. The molecule has 4 aromatic rings. The van der Waals surface area contributed by atoms with Crippen molar-refractivity contribution in [2.75, 3.05) is 11.9 Å². The zero-order valence-electron chi connectivity index (χ0n) is 22.2. The first-order valence-electron chi connectivity index (χ1n) is 12.9. The van der Waals surface area contributed by atoms with Gasteiger partial charge in [0.1, 0.15) is 0 Å². The van der Waals surface area contributed by atoms with Crippen LogP contribution in [-0.2, 0) is 4.79 Å². The molecule has 0 bridgehead atoms. The highest BCUT2D eigenvalue weighted by atomic mass is 32.1. The van der Waals surface area contributed by atoms with E-state index in [-0.39, 0.29) is 18.0 Å². The van der Waals surface area contributed by atoms with E-state index in [1.807, 2.05) is 55.6 Å². The number of hydrogen-bond donors (Lipinski definition) is 2. The minimum atomic E-state index is -0.131. The Labute approximate surface area is 229 Å². The number of pyridine rings is 1. The summed E-state index contributed by atoms with van der Waals surface area (Å²) in [5, 5.41) is 7.20. The monoisotopic (exact) mass is 523 g/mol. The molecule has 0 unspecified atom stereocenters. The van der Waals surface area contributed by atoms with Crippen molar-refractivity contribution < 1.29 is 4.79 Å². The maximum absolute atomic E-state index is 13.0. The van der Waals surface area contributed by atoms with Crippen LogP contribution in [0.1, 0.15) is 52.3 Å². The van der Waals surface area contributed by atoms with Crippen LogP contribution in [0.5, 0.6) is 0 Å². The minimum absolute atomic E-state index is 0.0347. The van der Waals surface area contributed by atoms with Gasteiger partial charge in [-0.1, -0.05) is 42.5 Å². The number of para-hydroxylation sites is 2. The molecule has 0 aliphatic carbocycles. The molecule has 7 heteroatoms. The van der Waals surface area contributed by atoms with Crippen molar-refractivity contribution in [3.05, 3.63) is 113 Å². The summed E-state index contributed by atoms with van der Waals surface area (Å²) in [6.45, 7) is 8.92. The normalized spacial score (nSPS) is 16.9. The number of anilines is 1. The molecule has 1 aliphatic rings. The second kappa shape index (κ2) is 10.8. The summed E-state index contributed by atoms with van der Waals surface area (Å²) in [6, 6.07) is 24.2. The third-order valence-electron chi connectivity index (χ3n) is 7.34. The zero-order chi connectivity index (χ0) is 26.8. The number of benzene rings is 2. The molecule has 2 aromatic carbocycles. The van der Waals surface area contributed by atoms with Gasteiger partial charge in [-0.25, -0.2) is 0 Å². The van der Waals surface area contributed by atoms with Gasteiger partial charge in [-0.3, -0.25) is 9.78 Å². The molecule has 1 amide bonds. The van der Waals surface area contributed by atoms with Crippen LogP contribution in [-0.4, -0.2) is 32.0 Å². The number of carbonyl (C=O) groups excluding carboxylic acids is 1. The maximum Gasteiger partial charge on any atom is 0.226 e. The molecule has 3 heterocycles. The van der Waals surface area contributed by atoms with E-state index in [0.717, 1.165) is 28.3 Å². The quantitative estimate of drug-likeness (QED) is 0.286. The van der Waals surface area contributed by atoms with Gasteiger partial charge in [0.2, 0.25) is 5.91 Å². The number of hydrogen-bond acceptors (Lipinski definition) is 3. The van der Waals surface area contributed by atoms with Gasteiger partial charge in [0.05, 0.1) is 17.8 Å². The van der Waals surface area contributed by atoms with Crippen molar-refractivity contribution in [1.82, 2.24) is 19.8 Å². The SMILES string of the molecule is Cc1ccccc1NC(=O)CCN1C(=S)N[C@H](c2ccccn2)[C@H]1c1cc(C)n(-c2ccccc2C)c1C. The molecule has 0 radical (unpaired) electrons. The summed E-state index contributed by atoms with van der Waals surface area (Å²) < 4.78 is 2.31. The number of carbonyl (C=O) groups is 1. The van der Waals surface area contributed by atoms with E-state index < -0.39 is 0 Å². The Bertz CT molecular complexity index is 1480. The summed E-state index contributed by atoms with van der Waals surface area (Å²) in [5.41, 5.74) is 8.67. The van der Waals surface area contributed by atoms with Gasteiger partial charge in [-0.05, 0) is 86.9 Å². The largest absolute Gasteiger partial charge is 0.352 e. The van der Waals surface area contributed by atoms with Gasteiger partial charge in [0.25, 0.3) is 0 Å². The maximum atomic E-state index is 13.0. The Hall–Kier alpha value is -3.97. The lowest BCUT2D eigenvalue weighted by molar-refractivity contribution is -0.116. The molecular weight excluding hydrogens is 490 g/mol. The topological polar surface area (TPSA) is 62.2 Å². The Morgan fingerprint density at radius 1 is 0.974 bits per heavy atom. The van der Waals surface area contributed by atoms with E-state index in [1.54, 1.807) is 0 Å². The Morgan fingerprint density at radius 3 is 2.39 bits per heavy atom. The molecule has 6 nitrogen and oxygen atoms in total. The summed E-state index contributed by atoms with van der Waals surface area (Å²) in [4.78, 5) is 19.8. The second-order valence-electron chi connectivity index (χ2n) is 9.88. The van der Waals surface area contributed by atoms with E-state index in [0.29, 0.717) is 18.1 Å². The lowest BCUT2D eigenvalue weighted by atomic mass is 9.96. The first-order valence-corrected chi connectivity index (χ1v) is 13.3. The molecule has 2 N–H and O–H groups in total. The van der Waals surface area contributed by atoms with Crippen molar-refractivity contribution >= 4 is 28.9 Å². The van der Waals surface area contributed by atoms with E-state index in [4.69, 9.17) is 12.2 Å². The third kappa shape index (κ3) is 4.94. The van der Waals surface area contributed by atoms with Crippen LogP contribution in [0.25, 0.3) is 5.69 Å². The predicted molar refractivity (Wildman–Crippen MR) is 157 cm³/mol. The highest BCUT2D eigenvalue weighted by molar-refractivity contribution is 7.80. The average Bonchev–Trinajstić information content (AvgIpc) is 3.39. The van der Waals surface area contributed by atoms with Crippen molar-refractivity contribution in [3.8, 4) is 5.69 Å². The van der Waals surface area contributed by atoms with Gasteiger partial charge in [-0.15, -0.1) is 0 Å². The van der Waals surface area contributed by atoms with Crippen LogP contribution in [0.2, 0.25) is 0 Å². The van der Waals surface area contributed by atoms with Crippen molar-refractivity contribution in [1.29, 1.82) is 0 Å². The summed E-state index contributed by atoms with van der Waals surface area (Å²) in [7, 11) is 0. The Balaban J connectivity index is 1.48. The summed E-state index contributed by atoms with van der Waals surface area (Å²) in [6.07, 6.45) is 2.13. The number of amides is 1. The third-order valence-corrected chi connectivity index (χ3v) is 7.69. The Kier molecular flexibility index (Phi) is 7.29. The number of rotatable bonds is 7. The molecule has 194 valence electrons. The summed E-state index contributed by atoms with van der Waals surface area (Å²) in [5.74, 6) is -0.0347. The second-order valence-corrected chi connectivity index (χ2v) is 10.3. The van der Waals surface area contributed by atoms with Crippen molar-refractivity contribution in [2.24, 2.45) is 0 Å². The molecule has 2 aromatic heterocycles. The van der Waals surface area contributed by atoms with Crippen LogP contribution in [0.15, 0.2) is 79.0 Å². The summed E-state index contributed by atoms with van der Waals surface area (Å²) >= 11 is 5.84. The minimum Gasteiger partial charge on any atom is -0.352 e. The van der Waals surface area contributed by atoms with E-state index >= 15 is 0 Å². The van der Waals surface area contributed by atoms with Gasteiger partial charge in [0, 0.05) is 41.9 Å². The molecule has 5 rings (SSSR count). The first kappa shape index (κ1) is 25.7. The lowest BCUT2D eigenvalue weighted by Gasteiger charge is -2.28. The smallest absolute Gasteiger partial charge is 0.226 e. The molecule has 2 atom stereocenters. The van der Waals surface area contributed by atoms with Gasteiger partial charge >= 0.3 is 0 Å². The van der Waals surface area contributed by atoms with Crippen LogP contribution >= 0.6 is 12.2 Å². The predicted octanol–water partition coefficient (Wildman–Crippen LogP) is 6.11. The van der Waals surface area contributed by atoms with Crippen molar-refractivity contribution in [2.45, 2.75) is 46.2 Å². The number of aryl methyl sites for hydroxylation is 3. The molecule has 0 saturated carbocycles. The molecule has 0 spiro atoms. The van der Waals surface area contributed by atoms with Crippen molar-refractivity contribution in [3.63, 3.8) is 0 Å². The fourth-order valence-corrected chi connectivity index (χ4v) is 5.74. The lowest BCUT2D eigenvalue weighted by Crippen LogP contribution is -2.33. The average molecular weight is 524 g/mol. The van der Waals surface area contributed by atoms with Crippen LogP contribution < -0.4 is 10.6 Å². The molecule has 38 heavy (non-hydrogen) atoms. The van der Waals surface area contributed by atoms with Gasteiger partial charge < -0.3 is 20.1 Å². The van der Waals surface area contributed by atoms with Crippen LogP contribution in [0.4, 0.5) is 5.69 Å². The standard InChI is InChI=1S/C31H33N5OS/c1-20-11-5-7-13-25(20)33-28(37)16-18-35-30(29(34-31(35)38)26-14-9-10-17-32-26)24-19-22(3)36(23(24)4)27-15-8-6-12-21(27)2/h5-15,17,19,29-30H,16,18H2,1-4H3,(H,33,37)(H,34,38)/t29-,30-/m1/s1. The van der Waals surface area contributed by atoms with Crippen LogP contribution in [0.3, 0.4) is 0 Å². The number of thiocarbonyl (C=S) groups is 1. The molecule has 1 aliphatic heterocycles. The fraction of sp³-hybridized carbons (Fsp3) is 0.258. The Morgan fingerprint density at radius 2 is 1.68 bits per heavy atom. The molecule has 1 fully saturated rings. The highest BCUT2D eigenvalue weighted by Gasteiger charge is 2.41. The zero-order valence-corrected chi connectivity index (χ0v) is 23.0. The van der Waals surface area contributed by atoms with E-state index in [2.05, 4.69) is 76.2 Å². The van der Waals surface area contributed by atoms with E-state index in [9.17, 15) is 4.79 Å². The fourth-order valence-electron chi connectivity index (χ4n) is 5.40. The number of nitrogens with zero attached hydrogens (tertiary/aromatic N) is 3. The van der Waals surface area contributed by atoms with Gasteiger partial charge in [-0.2, -0.15) is 0 Å². The van der Waals surface area contributed by atoms with Gasteiger partial charge in [0.15, 0.2) is 5.11 Å².